The summed E-state index contributed by atoms with van der Waals surface area (Å²) in [4.78, 5) is 11.4. The van der Waals surface area contributed by atoms with Crippen LogP contribution in [0.2, 0.25) is 0 Å². The van der Waals surface area contributed by atoms with Crippen LogP contribution in [0, 0.1) is 0 Å². The Hall–Kier alpha value is -0.540. The van der Waals surface area contributed by atoms with Gasteiger partial charge >= 0.3 is 0 Å². The van der Waals surface area contributed by atoms with E-state index in [1.165, 1.54) is 0 Å². The zero-order valence-corrected chi connectivity index (χ0v) is 11.2. The van der Waals surface area contributed by atoms with Crippen molar-refractivity contribution < 1.29 is 21.7 Å². The molecule has 15 heavy (non-hydrogen) atoms. The molecule has 0 saturated heterocycles. The van der Waals surface area contributed by atoms with E-state index in [9.17, 15) is 4.79 Å². The third-order valence-electron chi connectivity index (χ3n) is 2.58. The normalized spacial score (nSPS) is 12.6. The van der Waals surface area contributed by atoms with E-state index in [4.69, 9.17) is 0 Å². The van der Waals surface area contributed by atoms with Crippen molar-refractivity contribution in [1.82, 2.24) is 5.32 Å². The molecular formula is C11H23ClN2O. The van der Waals surface area contributed by atoms with Crippen LogP contribution in [0.3, 0.4) is 0 Å². The van der Waals surface area contributed by atoms with E-state index in [0.717, 1.165) is 17.4 Å². The van der Waals surface area contributed by atoms with Crippen LogP contribution in [0.25, 0.3) is 0 Å². The zero-order valence-electron chi connectivity index (χ0n) is 10.4. The highest BCUT2D eigenvalue weighted by atomic mass is 35.5. The van der Waals surface area contributed by atoms with Crippen LogP contribution in [-0.2, 0) is 4.79 Å². The predicted octanol–water partition coefficient (Wildman–Crippen LogP) is -1.48. The maximum Gasteiger partial charge on any atom is 0.250 e. The second kappa shape index (κ2) is 6.85. The average molecular weight is 235 g/mol. The summed E-state index contributed by atoms with van der Waals surface area (Å²) < 4.78 is 0.801. The Balaban J connectivity index is 0. The third-order valence-corrected chi connectivity index (χ3v) is 2.58. The maximum atomic E-state index is 11.4. The summed E-state index contributed by atoms with van der Waals surface area (Å²) in [6, 6.07) is 0. The van der Waals surface area contributed by atoms with Crippen LogP contribution >= 0.6 is 0 Å². The highest BCUT2D eigenvalue weighted by Crippen LogP contribution is 2.05. The lowest BCUT2D eigenvalue weighted by atomic mass is 10.3. The van der Waals surface area contributed by atoms with E-state index >= 15 is 0 Å². The minimum atomic E-state index is -0.0557. The number of quaternary nitrogens is 1. The lowest BCUT2D eigenvalue weighted by molar-refractivity contribution is -0.915. The number of amides is 1. The molecule has 0 rings (SSSR count). The van der Waals surface area contributed by atoms with Crippen molar-refractivity contribution >= 4 is 5.91 Å². The molecular weight excluding hydrogens is 212 g/mol. The topological polar surface area (TPSA) is 29.1 Å². The highest BCUT2D eigenvalue weighted by molar-refractivity contribution is 5.92. The Kier molecular flexibility index (Phi) is 7.71. The van der Waals surface area contributed by atoms with Gasteiger partial charge in [-0.15, -0.1) is 0 Å². The van der Waals surface area contributed by atoms with E-state index in [1.54, 1.807) is 6.92 Å². The summed E-state index contributed by atoms with van der Waals surface area (Å²) in [5, 5.41) is 2.94. The number of nitrogens with zero attached hydrogens (tertiary/aromatic N) is 1. The van der Waals surface area contributed by atoms with Gasteiger partial charge in [0.1, 0.15) is 0 Å². The molecule has 0 radical (unpaired) electrons. The summed E-state index contributed by atoms with van der Waals surface area (Å²) in [7, 11) is 4.24. The quantitative estimate of drug-likeness (QED) is 0.351. The first kappa shape index (κ1) is 16.9. The van der Waals surface area contributed by atoms with E-state index < -0.39 is 0 Å². The first-order valence-electron chi connectivity index (χ1n) is 5.10. The average Bonchev–Trinajstić information content (AvgIpc) is 2.03. The molecule has 0 aromatic carbocycles. The van der Waals surface area contributed by atoms with Crippen molar-refractivity contribution in [1.29, 1.82) is 0 Å². The van der Waals surface area contributed by atoms with E-state index in [-0.39, 0.29) is 24.5 Å². The summed E-state index contributed by atoms with van der Waals surface area (Å²) in [5.74, 6) is -0.0557. The molecule has 0 saturated carbocycles. The van der Waals surface area contributed by atoms with E-state index in [0.29, 0.717) is 5.57 Å². The van der Waals surface area contributed by atoms with Gasteiger partial charge in [-0.3, -0.25) is 4.79 Å². The van der Waals surface area contributed by atoms with Gasteiger partial charge in [0.05, 0.1) is 20.6 Å². The summed E-state index contributed by atoms with van der Waals surface area (Å²) >= 11 is 0. The Morgan fingerprint density at radius 3 is 2.27 bits per heavy atom. The first-order chi connectivity index (χ1) is 6.31. The van der Waals surface area contributed by atoms with Crippen molar-refractivity contribution in [2.45, 2.75) is 33.4 Å². The molecule has 1 unspecified atom stereocenters. The summed E-state index contributed by atoms with van der Waals surface area (Å²) in [6.45, 7) is 10.6. The van der Waals surface area contributed by atoms with Gasteiger partial charge in [-0.05, 0) is 13.3 Å². The molecule has 1 amide bonds. The summed E-state index contributed by atoms with van der Waals surface area (Å²) in [6.07, 6.45) is 1.24. The van der Waals surface area contributed by atoms with Gasteiger partial charge < -0.3 is 22.2 Å². The lowest BCUT2D eigenvalue weighted by Gasteiger charge is -2.36. The molecule has 3 nitrogen and oxygen atoms in total. The molecule has 0 spiro atoms. The molecule has 0 bridgehead atoms. The second-order valence-corrected chi connectivity index (χ2v) is 4.43. The number of hydrogen-bond acceptors (Lipinski definition) is 1. The molecule has 1 N–H and O–H groups in total. The van der Waals surface area contributed by atoms with Gasteiger partial charge in [0.15, 0.2) is 6.17 Å². The van der Waals surface area contributed by atoms with Crippen LogP contribution in [0.4, 0.5) is 0 Å². The van der Waals surface area contributed by atoms with Gasteiger partial charge in [-0.25, -0.2) is 0 Å². The largest absolute Gasteiger partial charge is 1.00 e. The predicted molar refractivity (Wildman–Crippen MR) is 59.7 cm³/mol. The Labute approximate surface area is 99.5 Å². The molecule has 0 aliphatic heterocycles. The fourth-order valence-corrected chi connectivity index (χ4v) is 1.26. The van der Waals surface area contributed by atoms with Gasteiger partial charge in [0, 0.05) is 12.5 Å². The molecule has 0 aromatic rings. The molecule has 0 heterocycles. The molecule has 1 atom stereocenters. The first-order valence-corrected chi connectivity index (χ1v) is 5.10. The number of hydrogen-bond donors (Lipinski definition) is 1. The van der Waals surface area contributed by atoms with Crippen LogP contribution in [0.15, 0.2) is 12.2 Å². The SMILES string of the molecule is C=C(C)C(=O)NC(C)[N+](C)(C)CCC.[Cl-]. The standard InChI is InChI=1S/C11H22N2O.ClH/c1-7-8-13(5,6)10(4)12-11(14)9(2)3;/h10H,2,7-8H2,1,3-6H3;1H. The Bertz CT molecular complexity index is 227. The van der Waals surface area contributed by atoms with Crippen molar-refractivity contribution in [3.8, 4) is 0 Å². The fraction of sp³-hybridized carbons (Fsp3) is 0.727. The number of carbonyl (C=O) groups is 1. The fourth-order valence-electron chi connectivity index (χ4n) is 1.26. The number of halogens is 1. The van der Waals surface area contributed by atoms with Crippen molar-refractivity contribution in [2.24, 2.45) is 0 Å². The van der Waals surface area contributed by atoms with Crippen LogP contribution in [0.1, 0.15) is 27.2 Å². The second-order valence-electron chi connectivity index (χ2n) is 4.43. The minimum Gasteiger partial charge on any atom is -1.00 e. The Morgan fingerprint density at radius 2 is 1.93 bits per heavy atom. The van der Waals surface area contributed by atoms with Crippen LogP contribution < -0.4 is 17.7 Å². The van der Waals surface area contributed by atoms with Gasteiger partial charge in [0.2, 0.25) is 0 Å². The number of nitrogens with one attached hydrogen (secondary N) is 1. The number of carbonyl (C=O) groups excluding carboxylic acids is 1. The van der Waals surface area contributed by atoms with Gasteiger partial charge in [-0.1, -0.05) is 13.5 Å². The van der Waals surface area contributed by atoms with Gasteiger partial charge in [0.25, 0.3) is 5.91 Å². The van der Waals surface area contributed by atoms with Crippen molar-refractivity contribution in [3.63, 3.8) is 0 Å². The molecule has 4 heteroatoms. The van der Waals surface area contributed by atoms with Crippen molar-refractivity contribution in [2.75, 3.05) is 20.6 Å². The number of rotatable bonds is 5. The van der Waals surface area contributed by atoms with E-state index in [1.807, 2.05) is 6.92 Å². The monoisotopic (exact) mass is 234 g/mol. The Morgan fingerprint density at radius 1 is 1.47 bits per heavy atom. The molecule has 0 aliphatic carbocycles. The zero-order chi connectivity index (χ0) is 11.4. The maximum absolute atomic E-state index is 11.4. The molecule has 90 valence electrons. The molecule has 0 fully saturated rings. The summed E-state index contributed by atoms with van der Waals surface area (Å²) in [5.41, 5.74) is 0.563. The highest BCUT2D eigenvalue weighted by Gasteiger charge is 2.24. The molecule has 0 aromatic heterocycles. The third kappa shape index (κ3) is 5.80. The van der Waals surface area contributed by atoms with Gasteiger partial charge in [-0.2, -0.15) is 0 Å². The minimum absolute atomic E-state index is 0. The van der Waals surface area contributed by atoms with Crippen LogP contribution in [-0.4, -0.2) is 37.2 Å². The smallest absolute Gasteiger partial charge is 0.250 e. The van der Waals surface area contributed by atoms with E-state index in [2.05, 4.69) is 32.9 Å². The van der Waals surface area contributed by atoms with Crippen LogP contribution in [0.5, 0.6) is 0 Å². The van der Waals surface area contributed by atoms with Crippen molar-refractivity contribution in [3.05, 3.63) is 12.2 Å². The lowest BCUT2D eigenvalue weighted by Crippen LogP contribution is -3.00. The molecule has 0 aliphatic rings.